The van der Waals surface area contributed by atoms with Gasteiger partial charge in [-0.05, 0) is 67.1 Å². The molecule has 20 heavy (non-hydrogen) atoms. The Labute approximate surface area is 123 Å². The zero-order valence-corrected chi connectivity index (χ0v) is 13.5. The van der Waals surface area contributed by atoms with Crippen molar-refractivity contribution in [2.45, 2.75) is 72.1 Å². The quantitative estimate of drug-likeness (QED) is 0.357. The van der Waals surface area contributed by atoms with Crippen LogP contribution in [0.25, 0.3) is 0 Å². The Hall–Kier alpha value is -0.570. The first-order chi connectivity index (χ1) is 9.40. The molecule has 0 radical (unpaired) electrons. The Morgan fingerprint density at radius 1 is 1.15 bits per heavy atom. The van der Waals surface area contributed by atoms with Gasteiger partial charge in [-0.2, -0.15) is 0 Å². The van der Waals surface area contributed by atoms with Crippen molar-refractivity contribution in [1.82, 2.24) is 5.43 Å². The summed E-state index contributed by atoms with van der Waals surface area (Å²) in [4.78, 5) is 4.66. The van der Waals surface area contributed by atoms with E-state index in [4.69, 9.17) is 5.84 Å². The van der Waals surface area contributed by atoms with Gasteiger partial charge in [0.1, 0.15) is 5.84 Å². The van der Waals surface area contributed by atoms with E-state index in [-0.39, 0.29) is 0 Å². The van der Waals surface area contributed by atoms with E-state index in [1.165, 1.54) is 38.5 Å². The van der Waals surface area contributed by atoms with E-state index in [0.717, 1.165) is 31.1 Å². The fourth-order valence-electron chi connectivity index (χ4n) is 6.64. The Kier molecular flexibility index (Phi) is 3.39. The minimum Gasteiger partial charge on any atom is -0.312 e. The van der Waals surface area contributed by atoms with E-state index in [0.29, 0.717) is 16.2 Å². The van der Waals surface area contributed by atoms with Crippen LogP contribution in [0.2, 0.25) is 0 Å². The Balaban J connectivity index is 1.82. The molecule has 2 unspecified atom stereocenters. The lowest BCUT2D eigenvalue weighted by atomic mass is 9.40. The summed E-state index contributed by atoms with van der Waals surface area (Å²) in [7, 11) is 0. The first kappa shape index (κ1) is 14.4. The number of amidine groups is 1. The number of hydrogen-bond donors (Lipinski definition) is 2. The van der Waals surface area contributed by atoms with Crippen molar-refractivity contribution in [3.8, 4) is 0 Å². The molecule has 0 aromatic carbocycles. The zero-order chi connectivity index (χ0) is 14.4. The average molecular weight is 277 g/mol. The number of nitrogens with one attached hydrogen (secondary N) is 1. The summed E-state index contributed by atoms with van der Waals surface area (Å²) < 4.78 is 0. The van der Waals surface area contributed by atoms with Crippen LogP contribution >= 0.6 is 0 Å². The standard InChI is InChI=1S/C17H31N3/c1-4-5-19-14(20-18)9-17-8-13-6-15(2,11-17)10-16(3,7-13)12-17/h13H,4-12,18H2,1-3H3,(H,19,20). The van der Waals surface area contributed by atoms with E-state index >= 15 is 0 Å². The molecule has 4 saturated carbocycles. The van der Waals surface area contributed by atoms with Crippen LogP contribution in [0, 0.1) is 22.2 Å². The van der Waals surface area contributed by atoms with Crippen molar-refractivity contribution in [2.24, 2.45) is 33.0 Å². The van der Waals surface area contributed by atoms with E-state index in [1.54, 1.807) is 0 Å². The molecule has 0 aliphatic heterocycles. The lowest BCUT2D eigenvalue weighted by Crippen LogP contribution is -2.56. The van der Waals surface area contributed by atoms with Gasteiger partial charge < -0.3 is 5.43 Å². The van der Waals surface area contributed by atoms with Crippen molar-refractivity contribution < 1.29 is 0 Å². The van der Waals surface area contributed by atoms with E-state index in [1.807, 2.05) is 0 Å². The molecule has 4 bridgehead atoms. The second kappa shape index (κ2) is 4.72. The van der Waals surface area contributed by atoms with Crippen molar-refractivity contribution >= 4 is 5.84 Å². The molecule has 4 aliphatic rings. The van der Waals surface area contributed by atoms with Gasteiger partial charge in [-0.3, -0.25) is 4.99 Å². The first-order valence-electron chi connectivity index (χ1n) is 8.40. The Bertz CT molecular complexity index is 396. The zero-order valence-electron chi connectivity index (χ0n) is 13.5. The molecule has 114 valence electrons. The summed E-state index contributed by atoms with van der Waals surface area (Å²) in [6.07, 6.45) is 10.7. The highest BCUT2D eigenvalue weighted by Gasteiger charge is 2.59. The number of rotatable bonds is 4. The maximum absolute atomic E-state index is 5.73. The normalized spacial score (nSPS) is 46.8. The summed E-state index contributed by atoms with van der Waals surface area (Å²) in [5.41, 5.74) is 4.52. The van der Waals surface area contributed by atoms with Crippen molar-refractivity contribution in [2.75, 3.05) is 6.54 Å². The van der Waals surface area contributed by atoms with Gasteiger partial charge in [-0.1, -0.05) is 20.8 Å². The number of nitrogens with zero attached hydrogens (tertiary/aromatic N) is 1. The van der Waals surface area contributed by atoms with Gasteiger partial charge in [-0.15, -0.1) is 0 Å². The summed E-state index contributed by atoms with van der Waals surface area (Å²) >= 11 is 0. The van der Waals surface area contributed by atoms with E-state index in [9.17, 15) is 0 Å². The van der Waals surface area contributed by atoms with Crippen molar-refractivity contribution in [3.05, 3.63) is 0 Å². The molecule has 3 nitrogen and oxygen atoms in total. The van der Waals surface area contributed by atoms with Crippen LogP contribution in [0.4, 0.5) is 0 Å². The van der Waals surface area contributed by atoms with Crippen LogP contribution in [0.5, 0.6) is 0 Å². The molecule has 4 fully saturated rings. The van der Waals surface area contributed by atoms with Crippen LogP contribution in [0.1, 0.15) is 72.1 Å². The smallest absolute Gasteiger partial charge is 0.111 e. The first-order valence-corrected chi connectivity index (χ1v) is 8.40. The fourth-order valence-corrected chi connectivity index (χ4v) is 6.64. The second-order valence-corrected chi connectivity index (χ2v) is 8.78. The van der Waals surface area contributed by atoms with Gasteiger partial charge in [0.25, 0.3) is 0 Å². The highest BCUT2D eigenvalue weighted by molar-refractivity contribution is 5.82. The third-order valence-electron chi connectivity index (χ3n) is 5.98. The average Bonchev–Trinajstić information content (AvgIpc) is 2.29. The van der Waals surface area contributed by atoms with Crippen LogP contribution in [0.15, 0.2) is 4.99 Å². The van der Waals surface area contributed by atoms with Gasteiger partial charge in [-0.25, -0.2) is 5.84 Å². The maximum atomic E-state index is 5.73. The van der Waals surface area contributed by atoms with Gasteiger partial charge in [0.15, 0.2) is 0 Å². The predicted molar refractivity (Wildman–Crippen MR) is 84.4 cm³/mol. The third-order valence-corrected chi connectivity index (χ3v) is 5.98. The molecule has 2 atom stereocenters. The highest BCUT2D eigenvalue weighted by atomic mass is 15.2. The minimum atomic E-state index is 0.474. The lowest BCUT2D eigenvalue weighted by molar-refractivity contribution is -0.141. The van der Waals surface area contributed by atoms with Crippen molar-refractivity contribution in [1.29, 1.82) is 0 Å². The molecule has 4 rings (SSSR count). The van der Waals surface area contributed by atoms with E-state index < -0.39 is 0 Å². The fraction of sp³-hybridized carbons (Fsp3) is 0.941. The number of hydrogen-bond acceptors (Lipinski definition) is 2. The topological polar surface area (TPSA) is 50.4 Å². The van der Waals surface area contributed by atoms with Crippen molar-refractivity contribution in [3.63, 3.8) is 0 Å². The predicted octanol–water partition coefficient (Wildman–Crippen LogP) is 3.64. The number of hydrazine groups is 1. The van der Waals surface area contributed by atoms with Gasteiger partial charge >= 0.3 is 0 Å². The molecular weight excluding hydrogens is 246 g/mol. The molecule has 0 aromatic rings. The largest absolute Gasteiger partial charge is 0.312 e. The molecule has 0 saturated heterocycles. The SMILES string of the molecule is CCCN=C(CC12CC3CC(C)(CC(C)(C3)C1)C2)NN. The molecule has 3 N–H and O–H groups in total. The van der Waals surface area contributed by atoms with Gasteiger partial charge in [0.2, 0.25) is 0 Å². The minimum absolute atomic E-state index is 0.474. The molecule has 0 heterocycles. The Morgan fingerprint density at radius 2 is 1.80 bits per heavy atom. The van der Waals surface area contributed by atoms with Crippen LogP contribution < -0.4 is 11.3 Å². The second-order valence-electron chi connectivity index (χ2n) is 8.78. The van der Waals surface area contributed by atoms with Crippen LogP contribution in [0.3, 0.4) is 0 Å². The monoisotopic (exact) mass is 277 g/mol. The molecule has 0 spiro atoms. The third kappa shape index (κ3) is 2.49. The van der Waals surface area contributed by atoms with Crippen LogP contribution in [-0.4, -0.2) is 12.4 Å². The number of aliphatic imine (C=N–C) groups is 1. The summed E-state index contributed by atoms with van der Waals surface area (Å²) in [6.45, 7) is 8.13. The van der Waals surface area contributed by atoms with Gasteiger partial charge in [0.05, 0.1) is 0 Å². The molecule has 0 aromatic heterocycles. The number of nitrogens with two attached hydrogens (primary N) is 1. The summed E-state index contributed by atoms with van der Waals surface area (Å²) in [6, 6.07) is 0. The van der Waals surface area contributed by atoms with Crippen LogP contribution in [-0.2, 0) is 0 Å². The highest BCUT2D eigenvalue weighted by Crippen LogP contribution is 2.70. The molecule has 4 aliphatic carbocycles. The summed E-state index contributed by atoms with van der Waals surface area (Å²) in [5.74, 6) is 7.72. The summed E-state index contributed by atoms with van der Waals surface area (Å²) in [5, 5.41) is 0. The van der Waals surface area contributed by atoms with E-state index in [2.05, 4.69) is 31.2 Å². The van der Waals surface area contributed by atoms with Gasteiger partial charge in [0, 0.05) is 13.0 Å². The lowest BCUT2D eigenvalue weighted by Gasteiger charge is -2.65. The molecule has 3 heteroatoms. The molecule has 0 amide bonds. The Morgan fingerprint density at radius 3 is 2.30 bits per heavy atom. The molecular formula is C17H31N3. The maximum Gasteiger partial charge on any atom is 0.111 e.